The summed E-state index contributed by atoms with van der Waals surface area (Å²) in [6.07, 6.45) is 11.9. The Labute approximate surface area is 308 Å². The Hall–Kier alpha value is -0.149. The minimum atomic E-state index is -2.38. The summed E-state index contributed by atoms with van der Waals surface area (Å²) in [7, 11) is -3.70. The number of allylic oxidation sites excluding steroid dienone is 3. The summed E-state index contributed by atoms with van der Waals surface area (Å²) in [5.74, 6) is -0.143. The lowest BCUT2D eigenvalue weighted by molar-refractivity contribution is -0.170. The Kier molecular flexibility index (Phi) is 21.5. The third kappa shape index (κ3) is 17.5. The molecule has 0 saturated heterocycles. The van der Waals surface area contributed by atoms with Crippen molar-refractivity contribution in [2.24, 2.45) is 23.2 Å². The molecule has 0 spiro atoms. The Morgan fingerprint density at radius 2 is 1.51 bits per heavy atom. The fraction of sp³-hybridized carbons (Fsp3) is 0.897. The molecule has 7 atom stereocenters. The molecule has 0 amide bonds. The minimum Gasteiger partial charge on any atom is -0.439 e. The summed E-state index contributed by atoms with van der Waals surface area (Å²) < 4.78 is 33.5. The maximum atomic E-state index is 11.4. The van der Waals surface area contributed by atoms with Gasteiger partial charge in [0.15, 0.2) is 17.4 Å². The molecule has 0 bridgehead atoms. The summed E-state index contributed by atoms with van der Waals surface area (Å²) in [5.41, 5.74) is -1.33. The van der Waals surface area contributed by atoms with Gasteiger partial charge in [0.05, 0.1) is 43.2 Å². The molecule has 0 aliphatic heterocycles. The summed E-state index contributed by atoms with van der Waals surface area (Å²) in [4.78, 5) is 0. The number of hydrogen-bond donors (Lipinski definition) is 2. The van der Waals surface area contributed by atoms with Crippen LogP contribution in [0, 0.1) is 23.2 Å². The van der Waals surface area contributed by atoms with Crippen LogP contribution < -0.4 is 0 Å². The van der Waals surface area contributed by atoms with E-state index in [4.69, 9.17) is 22.4 Å². The SMILES string of the molecule is CC=CC(C)(OCC(CO)C(C)(O)CC(C)C)C(C)(CC=C(C)C)C(COC)COC(C)(CCCC)CC[Si](C)(O[SiH](C)C)O[Si](C)(C)C. The van der Waals surface area contributed by atoms with E-state index in [-0.39, 0.29) is 24.7 Å². The highest BCUT2D eigenvalue weighted by Crippen LogP contribution is 2.48. The zero-order valence-electron chi connectivity index (χ0n) is 35.3. The van der Waals surface area contributed by atoms with E-state index in [1.165, 1.54) is 5.57 Å². The molecule has 0 rings (SSSR count). The quantitative estimate of drug-likeness (QED) is 0.0640. The van der Waals surface area contributed by atoms with Gasteiger partial charge in [-0.15, -0.1) is 0 Å². The topological polar surface area (TPSA) is 86.6 Å². The second kappa shape index (κ2) is 21.5. The molecule has 0 aromatic carbocycles. The number of unbranched alkanes of at least 4 members (excludes halogenated alkanes) is 1. The van der Waals surface area contributed by atoms with Crippen molar-refractivity contribution in [2.75, 3.05) is 33.5 Å². The highest BCUT2D eigenvalue weighted by Gasteiger charge is 2.50. The first-order chi connectivity index (χ1) is 22.4. The molecule has 0 saturated carbocycles. The Bertz CT molecular complexity index is 978. The Morgan fingerprint density at radius 3 is 1.96 bits per heavy atom. The molecule has 0 fully saturated rings. The van der Waals surface area contributed by atoms with Gasteiger partial charge in [-0.2, -0.15) is 0 Å². The van der Waals surface area contributed by atoms with Crippen molar-refractivity contribution < 1.29 is 32.7 Å². The monoisotopic (exact) mass is 747 g/mol. The molecule has 0 radical (unpaired) electrons. The second-order valence-corrected chi connectivity index (χ2v) is 28.5. The summed E-state index contributed by atoms with van der Waals surface area (Å²) in [5, 5.41) is 21.8. The van der Waals surface area contributed by atoms with Crippen molar-refractivity contribution in [3.05, 3.63) is 23.8 Å². The highest BCUT2D eigenvalue weighted by atomic mass is 28.5. The summed E-state index contributed by atoms with van der Waals surface area (Å²) in [6, 6.07) is 0.908. The number of hydrogen-bond acceptors (Lipinski definition) is 7. The maximum absolute atomic E-state index is 11.4. The third-order valence-electron chi connectivity index (χ3n) is 10.1. The molecule has 0 aliphatic rings. The third-order valence-corrected chi connectivity index (χ3v) is 19.3. The number of aliphatic hydroxyl groups is 2. The van der Waals surface area contributed by atoms with E-state index in [2.05, 4.69) is 113 Å². The normalized spacial score (nSPS) is 20.3. The van der Waals surface area contributed by atoms with Crippen molar-refractivity contribution >= 4 is 25.9 Å². The standard InChI is InChI=1S/C39H82O7Si3/c1-18-20-23-36(7,25-26-49(17,45-47(12)13)46-48(14,15)16)43-31-35(29-42-11)37(8,24-21-32(3)4)39(10,22-19-2)44-30-34(28-40)38(9,41)27-33(5)6/h19,21-22,33-35,40-41,47H,18,20,23-31H2,1-17H3. The molecule has 7 unspecified atom stereocenters. The second-order valence-electron chi connectivity index (χ2n) is 17.7. The fourth-order valence-corrected chi connectivity index (χ4v) is 18.8. The van der Waals surface area contributed by atoms with E-state index in [0.717, 1.165) is 38.1 Å². The van der Waals surface area contributed by atoms with Crippen molar-refractivity contribution in [1.29, 1.82) is 0 Å². The summed E-state index contributed by atoms with van der Waals surface area (Å²) in [6.45, 7) is 35.9. The molecule has 0 heterocycles. The van der Waals surface area contributed by atoms with Crippen LogP contribution in [-0.2, 0) is 22.4 Å². The van der Waals surface area contributed by atoms with E-state index >= 15 is 0 Å². The van der Waals surface area contributed by atoms with Crippen LogP contribution in [0.5, 0.6) is 0 Å². The molecular formula is C39H82O7Si3. The van der Waals surface area contributed by atoms with Crippen LogP contribution in [0.25, 0.3) is 0 Å². The molecule has 7 nitrogen and oxygen atoms in total. The molecule has 0 aromatic heterocycles. The molecule has 49 heavy (non-hydrogen) atoms. The summed E-state index contributed by atoms with van der Waals surface area (Å²) >= 11 is 0. The predicted molar refractivity (Wildman–Crippen MR) is 217 cm³/mol. The smallest absolute Gasteiger partial charge is 0.314 e. The largest absolute Gasteiger partial charge is 0.439 e. The predicted octanol–water partition coefficient (Wildman–Crippen LogP) is 9.65. The van der Waals surface area contributed by atoms with Crippen LogP contribution in [0.4, 0.5) is 0 Å². The molecular weight excluding hydrogens is 665 g/mol. The van der Waals surface area contributed by atoms with Gasteiger partial charge in [0.25, 0.3) is 0 Å². The van der Waals surface area contributed by atoms with Crippen molar-refractivity contribution in [1.82, 2.24) is 0 Å². The van der Waals surface area contributed by atoms with Crippen LogP contribution in [-0.4, -0.2) is 86.5 Å². The molecule has 0 aliphatic carbocycles. The Morgan fingerprint density at radius 1 is 0.918 bits per heavy atom. The van der Waals surface area contributed by atoms with Crippen molar-refractivity contribution in [3.63, 3.8) is 0 Å². The fourth-order valence-electron chi connectivity index (χ4n) is 7.12. The van der Waals surface area contributed by atoms with Crippen molar-refractivity contribution in [2.45, 2.75) is 170 Å². The van der Waals surface area contributed by atoms with E-state index in [0.29, 0.717) is 25.6 Å². The lowest BCUT2D eigenvalue weighted by Gasteiger charge is -2.50. The van der Waals surface area contributed by atoms with Crippen LogP contribution in [0.2, 0.25) is 45.3 Å². The molecule has 0 aromatic rings. The van der Waals surface area contributed by atoms with E-state index in [1.54, 1.807) is 7.11 Å². The lowest BCUT2D eigenvalue weighted by Crippen LogP contribution is -2.54. The zero-order valence-corrected chi connectivity index (χ0v) is 38.4. The maximum Gasteiger partial charge on any atom is 0.314 e. The first-order valence-corrected chi connectivity index (χ1v) is 27.8. The highest BCUT2D eigenvalue weighted by molar-refractivity contribution is 6.84. The average molecular weight is 747 g/mol. The van der Waals surface area contributed by atoms with Crippen LogP contribution >= 0.6 is 0 Å². The van der Waals surface area contributed by atoms with Gasteiger partial charge in [-0.3, -0.25) is 0 Å². The number of aliphatic hydroxyl groups excluding tert-OH is 1. The number of rotatable bonds is 27. The van der Waals surface area contributed by atoms with Crippen LogP contribution in [0.1, 0.15) is 108 Å². The van der Waals surface area contributed by atoms with Gasteiger partial charge in [-0.05, 0) is 118 Å². The van der Waals surface area contributed by atoms with Gasteiger partial charge >= 0.3 is 8.56 Å². The van der Waals surface area contributed by atoms with Crippen molar-refractivity contribution in [3.8, 4) is 0 Å². The van der Waals surface area contributed by atoms with Gasteiger partial charge in [0.2, 0.25) is 0 Å². The lowest BCUT2D eigenvalue weighted by atomic mass is 9.63. The van der Waals surface area contributed by atoms with E-state index < -0.39 is 48.5 Å². The molecule has 10 heteroatoms. The van der Waals surface area contributed by atoms with Gasteiger partial charge < -0.3 is 32.7 Å². The van der Waals surface area contributed by atoms with Crippen LogP contribution in [0.15, 0.2) is 23.8 Å². The van der Waals surface area contributed by atoms with Gasteiger partial charge in [-0.1, -0.05) is 64.3 Å². The first kappa shape index (κ1) is 48.9. The van der Waals surface area contributed by atoms with E-state index in [1.807, 2.05) is 13.8 Å². The minimum absolute atomic E-state index is 0.0137. The molecule has 292 valence electrons. The Balaban J connectivity index is 6.75. The average Bonchev–Trinajstić information content (AvgIpc) is 2.94. The first-order valence-electron chi connectivity index (χ1n) is 19.1. The number of ether oxygens (including phenoxy) is 3. The van der Waals surface area contributed by atoms with Gasteiger partial charge in [-0.25, -0.2) is 0 Å². The van der Waals surface area contributed by atoms with Gasteiger partial charge in [0, 0.05) is 24.4 Å². The van der Waals surface area contributed by atoms with Gasteiger partial charge in [0.1, 0.15) is 0 Å². The number of methoxy groups -OCH3 is 1. The van der Waals surface area contributed by atoms with Crippen LogP contribution in [0.3, 0.4) is 0 Å². The van der Waals surface area contributed by atoms with E-state index in [9.17, 15) is 10.2 Å². The molecule has 2 N–H and O–H groups in total. The zero-order chi connectivity index (χ0) is 38.3.